The lowest BCUT2D eigenvalue weighted by Gasteiger charge is -2.07. The Labute approximate surface area is 98.6 Å². The van der Waals surface area contributed by atoms with E-state index in [1.807, 2.05) is 0 Å². The number of carbonyl (C=O) groups excluding carboxylic acids is 2. The van der Waals surface area contributed by atoms with Crippen LogP contribution < -0.4 is 16.4 Å². The maximum absolute atomic E-state index is 11.7. The minimum absolute atomic E-state index is 0.0380. The molecule has 17 heavy (non-hydrogen) atoms. The first-order valence-electron chi connectivity index (χ1n) is 5.44. The standard InChI is InChI=1S/C11H14N4O2/c12-9-3-4-13-5-8(9)11(17)14-6-10(16)15-7-1-2-7/h3-5,7H,1-2,6H2,(H2,12,13)(H,14,17)(H,15,16). The molecule has 2 amide bonds. The van der Waals surface area contributed by atoms with Crippen molar-refractivity contribution < 1.29 is 9.59 Å². The second-order valence-corrected chi connectivity index (χ2v) is 3.99. The molecule has 2 rings (SSSR count). The molecule has 1 saturated carbocycles. The number of pyridine rings is 1. The molecule has 0 aliphatic heterocycles. The second-order valence-electron chi connectivity index (χ2n) is 3.99. The zero-order valence-electron chi connectivity index (χ0n) is 9.27. The van der Waals surface area contributed by atoms with E-state index in [9.17, 15) is 9.59 Å². The third-order valence-electron chi connectivity index (χ3n) is 2.45. The summed E-state index contributed by atoms with van der Waals surface area (Å²) in [6.45, 7) is -0.0380. The van der Waals surface area contributed by atoms with Gasteiger partial charge < -0.3 is 16.4 Å². The van der Waals surface area contributed by atoms with E-state index in [0.717, 1.165) is 12.8 Å². The summed E-state index contributed by atoms with van der Waals surface area (Å²) in [4.78, 5) is 26.8. The molecule has 1 heterocycles. The van der Waals surface area contributed by atoms with Gasteiger partial charge in [-0.15, -0.1) is 0 Å². The van der Waals surface area contributed by atoms with Gasteiger partial charge in [-0.1, -0.05) is 0 Å². The maximum Gasteiger partial charge on any atom is 0.255 e. The first-order chi connectivity index (χ1) is 8.16. The van der Waals surface area contributed by atoms with Crippen molar-refractivity contribution in [2.24, 2.45) is 0 Å². The Morgan fingerprint density at radius 2 is 2.24 bits per heavy atom. The summed E-state index contributed by atoms with van der Waals surface area (Å²) in [6, 6.07) is 1.84. The van der Waals surface area contributed by atoms with Crippen LogP contribution in [-0.2, 0) is 4.79 Å². The Hall–Kier alpha value is -2.11. The molecule has 6 nitrogen and oxygen atoms in total. The first-order valence-corrected chi connectivity index (χ1v) is 5.44. The molecule has 1 aromatic rings. The van der Waals surface area contributed by atoms with E-state index < -0.39 is 0 Å². The van der Waals surface area contributed by atoms with E-state index in [1.54, 1.807) is 6.07 Å². The van der Waals surface area contributed by atoms with Gasteiger partial charge in [0.15, 0.2) is 0 Å². The number of amides is 2. The molecule has 0 radical (unpaired) electrons. The normalized spacial score (nSPS) is 14.1. The van der Waals surface area contributed by atoms with Crippen LogP contribution in [0.15, 0.2) is 18.5 Å². The largest absolute Gasteiger partial charge is 0.398 e. The molecule has 0 aromatic carbocycles. The number of nitrogens with two attached hydrogens (primary N) is 1. The summed E-state index contributed by atoms with van der Waals surface area (Å²) in [5.74, 6) is -0.565. The molecular weight excluding hydrogens is 220 g/mol. The molecule has 0 saturated heterocycles. The van der Waals surface area contributed by atoms with Gasteiger partial charge in [-0.25, -0.2) is 0 Å². The summed E-state index contributed by atoms with van der Waals surface area (Å²) < 4.78 is 0. The fourth-order valence-corrected chi connectivity index (χ4v) is 1.36. The predicted octanol–water partition coefficient (Wildman–Crippen LogP) is -0.328. The van der Waals surface area contributed by atoms with Crippen molar-refractivity contribution in [3.8, 4) is 0 Å². The van der Waals surface area contributed by atoms with Gasteiger partial charge in [0.25, 0.3) is 5.91 Å². The SMILES string of the molecule is Nc1ccncc1C(=O)NCC(=O)NC1CC1. The Kier molecular flexibility index (Phi) is 3.22. The van der Waals surface area contributed by atoms with Crippen LogP contribution in [0, 0.1) is 0 Å². The van der Waals surface area contributed by atoms with Gasteiger partial charge in [-0.3, -0.25) is 14.6 Å². The van der Waals surface area contributed by atoms with Crippen LogP contribution in [0.1, 0.15) is 23.2 Å². The average Bonchev–Trinajstić information content (AvgIpc) is 3.10. The van der Waals surface area contributed by atoms with Crippen molar-refractivity contribution in [1.82, 2.24) is 15.6 Å². The number of hydrogen-bond donors (Lipinski definition) is 3. The van der Waals surface area contributed by atoms with Crippen LogP contribution in [0.2, 0.25) is 0 Å². The number of carbonyl (C=O) groups is 2. The molecule has 1 aromatic heterocycles. The van der Waals surface area contributed by atoms with E-state index >= 15 is 0 Å². The minimum atomic E-state index is -0.387. The van der Waals surface area contributed by atoms with Crippen LogP contribution in [-0.4, -0.2) is 29.4 Å². The number of nitrogen functional groups attached to an aromatic ring is 1. The van der Waals surface area contributed by atoms with E-state index in [4.69, 9.17) is 5.73 Å². The molecule has 90 valence electrons. The van der Waals surface area contributed by atoms with E-state index in [2.05, 4.69) is 15.6 Å². The highest BCUT2D eigenvalue weighted by atomic mass is 16.2. The highest BCUT2D eigenvalue weighted by Crippen LogP contribution is 2.18. The third-order valence-corrected chi connectivity index (χ3v) is 2.45. The Balaban J connectivity index is 1.84. The molecule has 1 fully saturated rings. The van der Waals surface area contributed by atoms with Gasteiger partial charge in [0.1, 0.15) is 0 Å². The fraction of sp³-hybridized carbons (Fsp3) is 0.364. The molecule has 0 atom stereocenters. The van der Waals surface area contributed by atoms with Gasteiger partial charge >= 0.3 is 0 Å². The van der Waals surface area contributed by atoms with Gasteiger partial charge in [0.2, 0.25) is 5.91 Å². The molecule has 1 aliphatic rings. The predicted molar refractivity (Wildman–Crippen MR) is 62.1 cm³/mol. The summed E-state index contributed by atoms with van der Waals surface area (Å²) in [6.07, 6.45) is 4.93. The number of aromatic nitrogens is 1. The first kappa shape index (κ1) is 11.4. The number of nitrogens with zero attached hydrogens (tertiary/aromatic N) is 1. The van der Waals surface area contributed by atoms with Crippen molar-refractivity contribution in [3.05, 3.63) is 24.0 Å². The van der Waals surface area contributed by atoms with Crippen LogP contribution in [0.5, 0.6) is 0 Å². The van der Waals surface area contributed by atoms with E-state index in [-0.39, 0.29) is 23.9 Å². The van der Waals surface area contributed by atoms with Gasteiger partial charge in [0.05, 0.1) is 12.1 Å². The maximum atomic E-state index is 11.7. The summed E-state index contributed by atoms with van der Waals surface area (Å²) in [7, 11) is 0. The van der Waals surface area contributed by atoms with Crippen molar-refractivity contribution >= 4 is 17.5 Å². The number of rotatable bonds is 4. The molecule has 6 heteroatoms. The summed E-state index contributed by atoms with van der Waals surface area (Å²) in [5.41, 5.74) is 6.25. The van der Waals surface area contributed by atoms with Crippen LogP contribution in [0.25, 0.3) is 0 Å². The number of hydrogen-bond acceptors (Lipinski definition) is 4. The highest BCUT2D eigenvalue weighted by Gasteiger charge is 2.23. The third kappa shape index (κ3) is 3.17. The van der Waals surface area contributed by atoms with Crippen molar-refractivity contribution in [1.29, 1.82) is 0 Å². The monoisotopic (exact) mass is 234 g/mol. The fourth-order valence-electron chi connectivity index (χ4n) is 1.36. The second kappa shape index (κ2) is 4.82. The van der Waals surface area contributed by atoms with Gasteiger partial charge in [0, 0.05) is 24.1 Å². The zero-order valence-corrected chi connectivity index (χ0v) is 9.27. The summed E-state index contributed by atoms with van der Waals surface area (Å²) >= 11 is 0. The Bertz CT molecular complexity index is 443. The smallest absolute Gasteiger partial charge is 0.255 e. The highest BCUT2D eigenvalue weighted by molar-refractivity contribution is 6.00. The molecule has 0 unspecified atom stereocenters. The number of nitrogens with one attached hydrogen (secondary N) is 2. The lowest BCUT2D eigenvalue weighted by atomic mass is 10.2. The minimum Gasteiger partial charge on any atom is -0.398 e. The van der Waals surface area contributed by atoms with E-state index in [0.29, 0.717) is 11.7 Å². The lowest BCUT2D eigenvalue weighted by molar-refractivity contribution is -0.120. The lowest BCUT2D eigenvalue weighted by Crippen LogP contribution is -2.38. The molecule has 4 N–H and O–H groups in total. The van der Waals surface area contributed by atoms with Crippen LogP contribution in [0.3, 0.4) is 0 Å². The average molecular weight is 234 g/mol. The quantitative estimate of drug-likeness (QED) is 0.664. The molecule has 0 spiro atoms. The van der Waals surface area contributed by atoms with Crippen LogP contribution >= 0.6 is 0 Å². The Morgan fingerprint density at radius 1 is 1.47 bits per heavy atom. The molecular formula is C11H14N4O2. The molecule has 0 bridgehead atoms. The van der Waals surface area contributed by atoms with Crippen LogP contribution in [0.4, 0.5) is 5.69 Å². The Morgan fingerprint density at radius 3 is 2.88 bits per heavy atom. The van der Waals surface area contributed by atoms with Gasteiger partial charge in [-0.2, -0.15) is 0 Å². The van der Waals surface area contributed by atoms with Crippen molar-refractivity contribution in [2.75, 3.05) is 12.3 Å². The van der Waals surface area contributed by atoms with Crippen molar-refractivity contribution in [2.45, 2.75) is 18.9 Å². The molecule has 1 aliphatic carbocycles. The summed E-state index contributed by atoms with van der Waals surface area (Å²) in [5, 5.41) is 5.28. The van der Waals surface area contributed by atoms with Gasteiger partial charge in [-0.05, 0) is 18.9 Å². The number of anilines is 1. The topological polar surface area (TPSA) is 97.1 Å². The van der Waals surface area contributed by atoms with Crippen molar-refractivity contribution in [3.63, 3.8) is 0 Å². The zero-order chi connectivity index (χ0) is 12.3. The van der Waals surface area contributed by atoms with E-state index in [1.165, 1.54) is 12.4 Å².